The standard InChI is InChI=1S/C18H16F3NO3/c1-12(16(23)22-11-13-6-3-2-4-7-13)25-17(24)14-8-5-9-15(10-14)18(19,20)21/h2-10,12H,11H2,1H3,(H,22,23)/t12-/m0/s1. The molecule has 1 atom stereocenters. The molecule has 0 spiro atoms. The van der Waals surface area contributed by atoms with Crippen molar-refractivity contribution in [3.05, 3.63) is 71.3 Å². The van der Waals surface area contributed by atoms with E-state index in [1.807, 2.05) is 30.3 Å². The quantitative estimate of drug-likeness (QED) is 0.838. The van der Waals surface area contributed by atoms with E-state index in [1.54, 1.807) is 0 Å². The third-order valence-corrected chi connectivity index (χ3v) is 3.39. The molecule has 0 heterocycles. The van der Waals surface area contributed by atoms with E-state index in [9.17, 15) is 22.8 Å². The number of benzene rings is 2. The fourth-order valence-electron chi connectivity index (χ4n) is 2.03. The van der Waals surface area contributed by atoms with Crippen molar-refractivity contribution in [2.24, 2.45) is 0 Å². The van der Waals surface area contributed by atoms with Crippen LogP contribution >= 0.6 is 0 Å². The van der Waals surface area contributed by atoms with Gasteiger partial charge in [0.1, 0.15) is 0 Å². The van der Waals surface area contributed by atoms with Crippen molar-refractivity contribution in [2.45, 2.75) is 25.7 Å². The third-order valence-electron chi connectivity index (χ3n) is 3.39. The first-order valence-electron chi connectivity index (χ1n) is 7.47. The van der Waals surface area contributed by atoms with Crippen LogP contribution in [0.15, 0.2) is 54.6 Å². The number of carbonyl (C=O) groups excluding carboxylic acids is 2. The molecule has 1 N–H and O–H groups in total. The third kappa shape index (κ3) is 5.34. The highest BCUT2D eigenvalue weighted by atomic mass is 19.4. The normalized spacial score (nSPS) is 12.3. The minimum atomic E-state index is -4.56. The molecule has 1 amide bonds. The van der Waals surface area contributed by atoms with Crippen LogP contribution in [0, 0.1) is 0 Å². The number of hydrogen-bond acceptors (Lipinski definition) is 3. The van der Waals surface area contributed by atoms with Crippen LogP contribution < -0.4 is 5.32 Å². The molecule has 0 aromatic heterocycles. The van der Waals surface area contributed by atoms with E-state index in [-0.39, 0.29) is 12.1 Å². The van der Waals surface area contributed by atoms with Crippen molar-refractivity contribution in [1.82, 2.24) is 5.32 Å². The molecule has 2 aromatic carbocycles. The van der Waals surface area contributed by atoms with Crippen LogP contribution in [0.4, 0.5) is 13.2 Å². The lowest BCUT2D eigenvalue weighted by Crippen LogP contribution is -2.35. The number of alkyl halides is 3. The van der Waals surface area contributed by atoms with E-state index in [0.717, 1.165) is 17.7 Å². The molecule has 132 valence electrons. The van der Waals surface area contributed by atoms with Crippen LogP contribution in [0.5, 0.6) is 0 Å². The van der Waals surface area contributed by atoms with Crippen LogP contribution in [-0.2, 0) is 22.3 Å². The van der Waals surface area contributed by atoms with Gasteiger partial charge in [0, 0.05) is 6.54 Å². The van der Waals surface area contributed by atoms with Crippen LogP contribution in [0.25, 0.3) is 0 Å². The molecule has 0 bridgehead atoms. The molecule has 0 unspecified atom stereocenters. The lowest BCUT2D eigenvalue weighted by molar-refractivity contribution is -0.137. The minimum Gasteiger partial charge on any atom is -0.449 e. The van der Waals surface area contributed by atoms with Gasteiger partial charge in [0.2, 0.25) is 0 Å². The monoisotopic (exact) mass is 351 g/mol. The van der Waals surface area contributed by atoms with Gasteiger partial charge in [-0.3, -0.25) is 4.79 Å². The molecule has 0 aliphatic carbocycles. The summed E-state index contributed by atoms with van der Waals surface area (Å²) in [4.78, 5) is 23.9. The van der Waals surface area contributed by atoms with E-state index >= 15 is 0 Å². The Hall–Kier alpha value is -2.83. The molecule has 0 aliphatic heterocycles. The maximum atomic E-state index is 12.7. The lowest BCUT2D eigenvalue weighted by atomic mass is 10.1. The summed E-state index contributed by atoms with van der Waals surface area (Å²) in [7, 11) is 0. The Labute approximate surface area is 142 Å². The number of rotatable bonds is 5. The molecule has 0 aliphatic rings. The first kappa shape index (κ1) is 18.5. The van der Waals surface area contributed by atoms with E-state index in [0.29, 0.717) is 6.07 Å². The Morgan fingerprint density at radius 1 is 1.08 bits per heavy atom. The number of ether oxygens (including phenoxy) is 1. The summed E-state index contributed by atoms with van der Waals surface area (Å²) in [6.45, 7) is 1.61. The number of hydrogen-bond donors (Lipinski definition) is 1. The minimum absolute atomic E-state index is 0.255. The predicted octanol–water partition coefficient (Wildman–Crippen LogP) is 3.57. The highest BCUT2D eigenvalue weighted by Crippen LogP contribution is 2.29. The van der Waals surface area contributed by atoms with E-state index in [1.165, 1.54) is 13.0 Å². The SMILES string of the molecule is C[C@H](OC(=O)c1cccc(C(F)(F)F)c1)C(=O)NCc1ccccc1. The maximum Gasteiger partial charge on any atom is 0.416 e. The molecular weight excluding hydrogens is 335 g/mol. The summed E-state index contributed by atoms with van der Waals surface area (Å²) in [5.74, 6) is -1.53. The molecule has 0 saturated carbocycles. The van der Waals surface area contributed by atoms with E-state index in [4.69, 9.17) is 4.74 Å². The Balaban J connectivity index is 1.94. The Kier molecular flexibility index (Phi) is 5.80. The molecule has 0 saturated heterocycles. The van der Waals surface area contributed by atoms with Crippen LogP contribution in [0.1, 0.15) is 28.4 Å². The highest BCUT2D eigenvalue weighted by Gasteiger charge is 2.31. The van der Waals surface area contributed by atoms with Crippen molar-refractivity contribution in [2.75, 3.05) is 0 Å². The van der Waals surface area contributed by atoms with Gasteiger partial charge in [-0.2, -0.15) is 13.2 Å². The predicted molar refractivity (Wildman–Crippen MR) is 84.6 cm³/mol. The Morgan fingerprint density at radius 3 is 2.40 bits per heavy atom. The van der Waals surface area contributed by atoms with Crippen LogP contribution in [-0.4, -0.2) is 18.0 Å². The number of esters is 1. The zero-order valence-corrected chi connectivity index (χ0v) is 13.3. The topological polar surface area (TPSA) is 55.4 Å². The van der Waals surface area contributed by atoms with Gasteiger partial charge in [-0.05, 0) is 30.7 Å². The Morgan fingerprint density at radius 2 is 1.76 bits per heavy atom. The summed E-state index contributed by atoms with van der Waals surface area (Å²) in [6.07, 6.45) is -5.69. The van der Waals surface area contributed by atoms with Gasteiger partial charge in [-0.15, -0.1) is 0 Å². The zero-order chi connectivity index (χ0) is 18.4. The average Bonchev–Trinajstić information content (AvgIpc) is 2.59. The average molecular weight is 351 g/mol. The summed E-state index contributed by atoms with van der Waals surface area (Å²) in [5, 5.41) is 2.60. The molecular formula is C18H16F3NO3. The van der Waals surface area contributed by atoms with Gasteiger partial charge >= 0.3 is 12.1 Å². The second-order valence-corrected chi connectivity index (χ2v) is 5.33. The summed E-state index contributed by atoms with van der Waals surface area (Å²) in [6, 6.07) is 13.0. The molecule has 4 nitrogen and oxygen atoms in total. The zero-order valence-electron chi connectivity index (χ0n) is 13.3. The first-order chi connectivity index (χ1) is 11.8. The van der Waals surface area contributed by atoms with Gasteiger partial charge in [-0.1, -0.05) is 36.4 Å². The van der Waals surface area contributed by atoms with Crippen LogP contribution in [0.3, 0.4) is 0 Å². The van der Waals surface area contributed by atoms with E-state index < -0.39 is 29.7 Å². The Bertz CT molecular complexity index is 745. The first-order valence-corrected chi connectivity index (χ1v) is 7.47. The van der Waals surface area contributed by atoms with Crippen molar-refractivity contribution < 1.29 is 27.5 Å². The molecule has 7 heteroatoms. The van der Waals surface area contributed by atoms with Gasteiger partial charge in [0.05, 0.1) is 11.1 Å². The lowest BCUT2D eigenvalue weighted by Gasteiger charge is -2.14. The van der Waals surface area contributed by atoms with Crippen molar-refractivity contribution >= 4 is 11.9 Å². The van der Waals surface area contributed by atoms with E-state index in [2.05, 4.69) is 5.32 Å². The largest absolute Gasteiger partial charge is 0.449 e. The van der Waals surface area contributed by atoms with Gasteiger partial charge < -0.3 is 10.1 Å². The van der Waals surface area contributed by atoms with Crippen molar-refractivity contribution in [3.63, 3.8) is 0 Å². The summed E-state index contributed by atoms with van der Waals surface area (Å²) in [5.41, 5.74) is -0.354. The second kappa shape index (κ2) is 7.83. The molecule has 2 rings (SSSR count). The number of nitrogens with one attached hydrogen (secondary N) is 1. The second-order valence-electron chi connectivity index (χ2n) is 5.33. The van der Waals surface area contributed by atoms with Crippen molar-refractivity contribution in [1.29, 1.82) is 0 Å². The maximum absolute atomic E-state index is 12.7. The fourth-order valence-corrected chi connectivity index (χ4v) is 2.03. The molecule has 0 radical (unpaired) electrons. The number of amides is 1. The summed E-state index contributed by atoms with van der Waals surface area (Å²) >= 11 is 0. The number of carbonyl (C=O) groups is 2. The van der Waals surface area contributed by atoms with Gasteiger partial charge in [0.15, 0.2) is 6.10 Å². The van der Waals surface area contributed by atoms with Gasteiger partial charge in [-0.25, -0.2) is 4.79 Å². The molecule has 2 aromatic rings. The number of halogens is 3. The smallest absolute Gasteiger partial charge is 0.416 e. The van der Waals surface area contributed by atoms with Crippen molar-refractivity contribution in [3.8, 4) is 0 Å². The summed E-state index contributed by atoms with van der Waals surface area (Å²) < 4.78 is 42.9. The molecule has 0 fully saturated rings. The fraction of sp³-hybridized carbons (Fsp3) is 0.222. The van der Waals surface area contributed by atoms with Gasteiger partial charge in [0.25, 0.3) is 5.91 Å². The highest BCUT2D eigenvalue weighted by molar-refractivity contribution is 5.92. The van der Waals surface area contributed by atoms with Crippen LogP contribution in [0.2, 0.25) is 0 Å². The molecule has 25 heavy (non-hydrogen) atoms.